The maximum Gasteiger partial charge on any atom is 0.251 e. The van der Waals surface area contributed by atoms with Crippen LogP contribution in [0.25, 0.3) is 5.69 Å². The molecule has 0 fully saturated rings. The zero-order valence-corrected chi connectivity index (χ0v) is 14.4. The van der Waals surface area contributed by atoms with E-state index in [1.807, 2.05) is 19.1 Å². The van der Waals surface area contributed by atoms with E-state index in [9.17, 15) is 4.79 Å². The number of nitrogens with one attached hydrogen (secondary N) is 1. The van der Waals surface area contributed by atoms with Crippen LogP contribution in [0.1, 0.15) is 60.4 Å². The van der Waals surface area contributed by atoms with Gasteiger partial charge in [0.25, 0.3) is 5.91 Å². The summed E-state index contributed by atoms with van der Waals surface area (Å²) in [5.74, 6) is 0.0113. The van der Waals surface area contributed by atoms with Gasteiger partial charge in [-0.05, 0) is 81.8 Å². The van der Waals surface area contributed by atoms with Gasteiger partial charge in [0, 0.05) is 28.7 Å². The third-order valence-corrected chi connectivity index (χ3v) is 4.86. The number of amides is 1. The number of hydrogen-bond donors (Lipinski definition) is 1. The van der Waals surface area contributed by atoms with Crippen LogP contribution >= 0.6 is 0 Å². The Morgan fingerprint density at radius 2 is 1.91 bits per heavy atom. The fourth-order valence-electron chi connectivity index (χ4n) is 3.38. The van der Waals surface area contributed by atoms with Crippen LogP contribution in [0, 0.1) is 6.92 Å². The Morgan fingerprint density at radius 1 is 1.22 bits per heavy atom. The minimum Gasteiger partial charge on any atom is -0.350 e. The lowest BCUT2D eigenvalue weighted by Gasteiger charge is -2.17. The molecule has 0 unspecified atom stereocenters. The fourth-order valence-corrected chi connectivity index (χ4v) is 3.38. The van der Waals surface area contributed by atoms with Gasteiger partial charge in [-0.15, -0.1) is 0 Å². The van der Waals surface area contributed by atoms with Crippen molar-refractivity contribution in [1.29, 1.82) is 0 Å². The maximum absolute atomic E-state index is 12.2. The summed E-state index contributed by atoms with van der Waals surface area (Å²) in [6.45, 7) is 6.27. The van der Waals surface area contributed by atoms with Gasteiger partial charge >= 0.3 is 0 Å². The first-order valence-corrected chi connectivity index (χ1v) is 8.71. The molecule has 1 aromatic heterocycles. The average Bonchev–Trinajstić information content (AvgIpc) is 2.90. The van der Waals surface area contributed by atoms with Crippen LogP contribution in [0.5, 0.6) is 0 Å². The Morgan fingerprint density at radius 3 is 2.61 bits per heavy atom. The summed E-state index contributed by atoms with van der Waals surface area (Å²) in [5.41, 5.74) is 6.12. The van der Waals surface area contributed by atoms with E-state index in [2.05, 4.69) is 41.9 Å². The predicted molar refractivity (Wildman–Crippen MR) is 94.4 cm³/mol. The minimum atomic E-state index is 0.0113. The highest BCUT2D eigenvalue weighted by Crippen LogP contribution is 2.28. The van der Waals surface area contributed by atoms with E-state index in [4.69, 9.17) is 0 Å². The van der Waals surface area contributed by atoms with Crippen molar-refractivity contribution < 1.29 is 4.79 Å². The molecule has 1 amide bonds. The van der Waals surface area contributed by atoms with E-state index >= 15 is 0 Å². The van der Waals surface area contributed by atoms with Crippen LogP contribution in [0.3, 0.4) is 0 Å². The van der Waals surface area contributed by atoms with Crippen LogP contribution in [0.2, 0.25) is 0 Å². The lowest BCUT2D eigenvalue weighted by molar-refractivity contribution is 0.0939. The molecule has 3 rings (SSSR count). The second-order valence-electron chi connectivity index (χ2n) is 6.63. The van der Waals surface area contributed by atoms with E-state index in [1.165, 1.54) is 36.2 Å². The van der Waals surface area contributed by atoms with Gasteiger partial charge in [0.1, 0.15) is 0 Å². The molecular formula is C20H26N2O. The number of carbonyl (C=O) groups excluding carboxylic acids is 1. The number of rotatable bonds is 4. The van der Waals surface area contributed by atoms with Crippen molar-refractivity contribution in [1.82, 2.24) is 9.88 Å². The normalized spacial score (nSPS) is 15.1. The van der Waals surface area contributed by atoms with Crippen molar-refractivity contribution in [2.75, 3.05) is 0 Å². The molecule has 1 heterocycles. The first kappa shape index (κ1) is 15.9. The fraction of sp³-hybridized carbons (Fsp3) is 0.450. The Bertz CT molecular complexity index is 697. The number of carbonyl (C=O) groups is 1. The summed E-state index contributed by atoms with van der Waals surface area (Å²) in [6, 6.07) is 10.5. The number of aromatic nitrogens is 1. The van der Waals surface area contributed by atoms with Gasteiger partial charge in [-0.3, -0.25) is 4.79 Å². The summed E-state index contributed by atoms with van der Waals surface area (Å²) < 4.78 is 2.35. The third kappa shape index (κ3) is 3.19. The van der Waals surface area contributed by atoms with Crippen molar-refractivity contribution >= 4 is 5.91 Å². The Kier molecular flexibility index (Phi) is 4.56. The van der Waals surface area contributed by atoms with E-state index < -0.39 is 0 Å². The summed E-state index contributed by atoms with van der Waals surface area (Å²) in [4.78, 5) is 12.2. The molecule has 1 atom stereocenters. The number of aryl methyl sites for hydroxylation is 2. The van der Waals surface area contributed by atoms with Crippen molar-refractivity contribution in [3.05, 3.63) is 52.8 Å². The minimum absolute atomic E-state index is 0.0113. The number of nitrogens with zero attached hydrogens (tertiary/aromatic N) is 1. The van der Waals surface area contributed by atoms with Gasteiger partial charge in [0.2, 0.25) is 0 Å². The van der Waals surface area contributed by atoms with Crippen molar-refractivity contribution in [2.24, 2.45) is 0 Å². The highest BCUT2D eigenvalue weighted by Gasteiger charge is 2.17. The topological polar surface area (TPSA) is 34.0 Å². The molecule has 0 spiro atoms. The number of benzene rings is 1. The predicted octanol–water partition coefficient (Wildman–Crippen LogP) is 4.19. The van der Waals surface area contributed by atoms with E-state index in [0.717, 1.165) is 24.1 Å². The van der Waals surface area contributed by atoms with Gasteiger partial charge in [-0.2, -0.15) is 0 Å². The molecule has 1 aliphatic rings. The summed E-state index contributed by atoms with van der Waals surface area (Å²) in [6.07, 6.45) is 5.85. The Hall–Kier alpha value is -2.03. The van der Waals surface area contributed by atoms with Gasteiger partial charge in [-0.1, -0.05) is 6.92 Å². The summed E-state index contributed by atoms with van der Waals surface area (Å²) >= 11 is 0. The molecule has 0 saturated carbocycles. The van der Waals surface area contributed by atoms with E-state index in [0.29, 0.717) is 0 Å². The molecule has 0 bridgehead atoms. The van der Waals surface area contributed by atoms with Crippen LogP contribution < -0.4 is 5.32 Å². The average molecular weight is 310 g/mol. The molecular weight excluding hydrogens is 284 g/mol. The third-order valence-electron chi connectivity index (χ3n) is 4.86. The van der Waals surface area contributed by atoms with Gasteiger partial charge in [0.05, 0.1) is 0 Å². The summed E-state index contributed by atoms with van der Waals surface area (Å²) in [7, 11) is 0. The molecule has 23 heavy (non-hydrogen) atoms. The first-order chi connectivity index (χ1) is 11.1. The number of fused-ring (bicyclic) bond motifs is 1. The van der Waals surface area contributed by atoms with Crippen LogP contribution in [0.4, 0.5) is 0 Å². The largest absolute Gasteiger partial charge is 0.350 e. The standard InChI is InChI=1S/C20H26N2O/c1-4-14(2)21-20(23)16-9-11-18(12-10-16)22-15(3)13-17-7-5-6-8-19(17)22/h9-14H,4-8H2,1-3H3,(H,21,23)/t14-/m0/s1. The van der Waals surface area contributed by atoms with Gasteiger partial charge in [-0.25, -0.2) is 0 Å². The molecule has 122 valence electrons. The molecule has 3 heteroatoms. The Labute approximate surface area is 138 Å². The first-order valence-electron chi connectivity index (χ1n) is 8.71. The molecule has 1 N–H and O–H groups in total. The number of hydrogen-bond acceptors (Lipinski definition) is 1. The molecule has 0 saturated heterocycles. The highest BCUT2D eigenvalue weighted by atomic mass is 16.1. The second-order valence-corrected chi connectivity index (χ2v) is 6.63. The lowest BCUT2D eigenvalue weighted by Crippen LogP contribution is -2.31. The van der Waals surface area contributed by atoms with Crippen LogP contribution in [-0.2, 0) is 12.8 Å². The van der Waals surface area contributed by atoms with Crippen molar-refractivity contribution in [3.8, 4) is 5.69 Å². The smallest absolute Gasteiger partial charge is 0.251 e. The van der Waals surface area contributed by atoms with E-state index in [1.54, 1.807) is 0 Å². The lowest BCUT2D eigenvalue weighted by atomic mass is 9.98. The zero-order valence-electron chi connectivity index (χ0n) is 14.4. The summed E-state index contributed by atoms with van der Waals surface area (Å²) in [5, 5.41) is 3.02. The monoisotopic (exact) mass is 310 g/mol. The van der Waals surface area contributed by atoms with Crippen LogP contribution in [0.15, 0.2) is 30.3 Å². The molecule has 1 aliphatic carbocycles. The zero-order chi connectivity index (χ0) is 16.4. The molecule has 0 aliphatic heterocycles. The van der Waals surface area contributed by atoms with E-state index in [-0.39, 0.29) is 11.9 Å². The van der Waals surface area contributed by atoms with Crippen molar-refractivity contribution in [2.45, 2.75) is 58.9 Å². The molecule has 0 radical (unpaired) electrons. The molecule has 2 aromatic rings. The molecule has 1 aromatic carbocycles. The maximum atomic E-state index is 12.2. The SMILES string of the molecule is CC[C@H](C)NC(=O)c1ccc(-n2c(C)cc3c2CCCC3)cc1. The Balaban J connectivity index is 1.86. The second kappa shape index (κ2) is 6.61. The van der Waals surface area contributed by atoms with Crippen LogP contribution in [-0.4, -0.2) is 16.5 Å². The van der Waals surface area contributed by atoms with Gasteiger partial charge in [0.15, 0.2) is 0 Å². The van der Waals surface area contributed by atoms with Gasteiger partial charge < -0.3 is 9.88 Å². The molecule has 3 nitrogen and oxygen atoms in total. The highest BCUT2D eigenvalue weighted by molar-refractivity contribution is 5.94. The van der Waals surface area contributed by atoms with Crippen molar-refractivity contribution in [3.63, 3.8) is 0 Å². The quantitative estimate of drug-likeness (QED) is 0.902.